The van der Waals surface area contributed by atoms with Crippen LogP contribution < -0.4 is 0 Å². The van der Waals surface area contributed by atoms with Gasteiger partial charge in [0.25, 0.3) is 0 Å². The first-order chi connectivity index (χ1) is 6.35. The Morgan fingerprint density at radius 1 is 1.38 bits per heavy atom. The fourth-order valence-electron chi connectivity index (χ4n) is 1.03. The normalized spacial score (nSPS) is 16.3. The molecule has 4 heteroatoms. The van der Waals surface area contributed by atoms with Gasteiger partial charge < -0.3 is 4.79 Å². The van der Waals surface area contributed by atoms with E-state index in [2.05, 4.69) is 34.4 Å². The number of hydrogen-bond acceptors (Lipinski definition) is 1. The molecule has 0 spiro atoms. The summed E-state index contributed by atoms with van der Waals surface area (Å²) in [6, 6.07) is 0. The summed E-state index contributed by atoms with van der Waals surface area (Å²) in [6.07, 6.45) is 12.2. The van der Waals surface area contributed by atoms with Crippen molar-refractivity contribution in [2.24, 2.45) is 0 Å². The second-order valence-electron chi connectivity index (χ2n) is 2.52. The van der Waals surface area contributed by atoms with Crippen molar-refractivity contribution in [2.75, 3.05) is 0 Å². The van der Waals surface area contributed by atoms with E-state index in [0.717, 1.165) is 36.0 Å². The van der Waals surface area contributed by atoms with E-state index in [1.165, 1.54) is 6.42 Å². The summed E-state index contributed by atoms with van der Waals surface area (Å²) in [4.78, 5) is 10.2. The molecule has 0 unspecified atom stereocenters. The number of hydrogen-bond donors (Lipinski definition) is 0. The molecule has 13 heavy (non-hydrogen) atoms. The van der Waals surface area contributed by atoms with Crippen molar-refractivity contribution in [1.82, 2.24) is 0 Å². The first-order valence-corrected chi connectivity index (χ1v) is 9.07. The Balaban J connectivity index is 0.000000424. The first-order valence-electron chi connectivity index (χ1n) is 3.92. The van der Waals surface area contributed by atoms with E-state index in [4.69, 9.17) is 0 Å². The van der Waals surface area contributed by atoms with Gasteiger partial charge in [-0.15, -0.1) is 12.2 Å². The SMILES string of the molecule is O=[C-]C1=CC=CCCCC1.[Br][Co+][Br]. The Kier molecular flexibility index (Phi) is 11.2. The third-order valence-electron chi connectivity index (χ3n) is 1.63. The van der Waals surface area contributed by atoms with E-state index in [0.29, 0.717) is 0 Å². The van der Waals surface area contributed by atoms with Crippen LogP contribution in [0, 0.1) is 0 Å². The maximum atomic E-state index is 10.2. The Hall–Kier alpha value is 0.616. The second kappa shape index (κ2) is 10.7. The molecule has 0 bridgehead atoms. The molecule has 0 radical (unpaired) electrons. The van der Waals surface area contributed by atoms with Gasteiger partial charge in [0.05, 0.1) is 0 Å². The molecule has 0 atom stereocenters. The molecule has 0 heterocycles. The first kappa shape index (κ1) is 13.6. The van der Waals surface area contributed by atoms with Crippen LogP contribution in [0.25, 0.3) is 0 Å². The number of carbonyl (C=O) groups excluding carboxylic acids is 1. The van der Waals surface area contributed by atoms with Gasteiger partial charge in [0.1, 0.15) is 0 Å². The van der Waals surface area contributed by atoms with Gasteiger partial charge in [0.15, 0.2) is 0 Å². The van der Waals surface area contributed by atoms with E-state index < -0.39 is 0 Å². The van der Waals surface area contributed by atoms with E-state index in [1.807, 2.05) is 18.4 Å². The molecular formula is C9H11Br2CoO. The van der Waals surface area contributed by atoms with Crippen molar-refractivity contribution in [3.05, 3.63) is 23.8 Å². The predicted octanol–water partition coefficient (Wildman–Crippen LogP) is 3.84. The van der Waals surface area contributed by atoms with Crippen molar-refractivity contribution in [3.8, 4) is 0 Å². The summed E-state index contributed by atoms with van der Waals surface area (Å²) < 4.78 is 0. The Morgan fingerprint density at radius 3 is 2.69 bits per heavy atom. The zero-order valence-corrected chi connectivity index (χ0v) is 11.3. The molecule has 76 valence electrons. The molecule has 0 aromatic rings. The molecule has 1 aliphatic rings. The summed E-state index contributed by atoms with van der Waals surface area (Å²) in [6.45, 7) is 0. The predicted molar refractivity (Wildman–Crippen MR) is 59.2 cm³/mol. The van der Waals surface area contributed by atoms with Gasteiger partial charge in [-0.3, -0.25) is 0 Å². The number of rotatable bonds is 1. The number of halogens is 2. The molecule has 0 aromatic heterocycles. The molecule has 1 nitrogen and oxygen atoms in total. The second-order valence-corrected chi connectivity index (χ2v) is 7.77. The molecule has 0 saturated carbocycles. The quantitative estimate of drug-likeness (QED) is 0.654. The zero-order valence-electron chi connectivity index (χ0n) is 7.06. The standard InChI is InChI=1S/C9H11O.2BrH.Co/c10-8-9-6-4-2-1-3-5-7-9;;;/h2,4,6H,1,3,5,7H2;2*1H;/q-1;;;+3/p-2. The molecule has 0 aromatic carbocycles. The van der Waals surface area contributed by atoms with Crippen LogP contribution in [0.2, 0.25) is 0 Å². The maximum absolute atomic E-state index is 10.2. The molecule has 1 rings (SSSR count). The fourth-order valence-corrected chi connectivity index (χ4v) is 1.03. The minimum atomic E-state index is 0.802. The summed E-state index contributed by atoms with van der Waals surface area (Å²) >= 11 is 7.12. The van der Waals surface area contributed by atoms with Crippen LogP contribution >= 0.6 is 28.3 Å². The average molecular weight is 354 g/mol. The van der Waals surface area contributed by atoms with Gasteiger partial charge in [0.2, 0.25) is 0 Å². The molecule has 0 amide bonds. The average Bonchev–Trinajstić information content (AvgIpc) is 2.05. The van der Waals surface area contributed by atoms with Gasteiger partial charge in [-0.25, -0.2) is 6.08 Å². The van der Waals surface area contributed by atoms with Crippen molar-refractivity contribution < 1.29 is 15.9 Å². The summed E-state index contributed by atoms with van der Waals surface area (Å²) in [5.74, 6) is 0. The monoisotopic (exact) mass is 352 g/mol. The van der Waals surface area contributed by atoms with E-state index in [-0.39, 0.29) is 0 Å². The van der Waals surface area contributed by atoms with Crippen LogP contribution in [0.3, 0.4) is 0 Å². The third kappa shape index (κ3) is 8.93. The van der Waals surface area contributed by atoms with Crippen LogP contribution in [-0.4, -0.2) is 6.29 Å². The van der Waals surface area contributed by atoms with E-state index in [9.17, 15) is 4.79 Å². The summed E-state index contributed by atoms with van der Waals surface area (Å²) in [7, 11) is 0. The van der Waals surface area contributed by atoms with Gasteiger partial charge in [-0.1, -0.05) is 12.8 Å². The molecular weight excluding hydrogens is 343 g/mol. The summed E-state index contributed by atoms with van der Waals surface area (Å²) in [5, 5.41) is 0. The van der Waals surface area contributed by atoms with Crippen molar-refractivity contribution in [2.45, 2.75) is 25.7 Å². The van der Waals surface area contributed by atoms with Crippen LogP contribution in [-0.2, 0) is 15.9 Å². The molecule has 0 N–H and O–H groups in total. The molecule has 1 aliphatic carbocycles. The molecule has 0 aliphatic heterocycles. The topological polar surface area (TPSA) is 17.1 Å². The van der Waals surface area contributed by atoms with Crippen molar-refractivity contribution in [3.63, 3.8) is 0 Å². The van der Waals surface area contributed by atoms with Crippen LogP contribution in [0.5, 0.6) is 0 Å². The van der Waals surface area contributed by atoms with Crippen LogP contribution in [0.15, 0.2) is 23.8 Å². The Bertz CT molecular complexity index is 190. The van der Waals surface area contributed by atoms with E-state index >= 15 is 0 Å². The van der Waals surface area contributed by atoms with Crippen molar-refractivity contribution >= 4 is 34.6 Å². The van der Waals surface area contributed by atoms with Gasteiger partial charge in [-0.2, -0.15) is 5.57 Å². The Morgan fingerprint density at radius 2 is 2.08 bits per heavy atom. The van der Waals surface area contributed by atoms with Crippen LogP contribution in [0.4, 0.5) is 0 Å². The Labute approximate surface area is 99.5 Å². The summed E-state index contributed by atoms with van der Waals surface area (Å²) in [5.41, 5.74) is 0.802. The minimum absolute atomic E-state index is 0.802. The zero-order chi connectivity index (χ0) is 9.94. The number of allylic oxidation sites excluding steroid dienone is 4. The van der Waals surface area contributed by atoms with Gasteiger partial charge in [-0.05, 0) is 19.1 Å². The molecule has 0 saturated heterocycles. The fraction of sp³-hybridized carbons (Fsp3) is 0.444. The van der Waals surface area contributed by atoms with Crippen LogP contribution in [0.1, 0.15) is 25.7 Å². The third-order valence-corrected chi connectivity index (χ3v) is 1.63. The van der Waals surface area contributed by atoms with E-state index in [1.54, 1.807) is 0 Å². The van der Waals surface area contributed by atoms with Gasteiger partial charge >= 0.3 is 39.5 Å². The van der Waals surface area contributed by atoms with Gasteiger partial charge in [0, 0.05) is 0 Å². The molecule has 0 fully saturated rings. The van der Waals surface area contributed by atoms with Crippen molar-refractivity contribution in [1.29, 1.82) is 0 Å².